The van der Waals surface area contributed by atoms with Gasteiger partial charge in [0.15, 0.2) is 0 Å². The SMILES string of the molecule is CCC(C(=O)NCCCCn1ccnc1)C(N)=S. The molecule has 1 heterocycles. The van der Waals surface area contributed by atoms with E-state index in [2.05, 4.69) is 10.3 Å². The highest BCUT2D eigenvalue weighted by atomic mass is 32.1. The average molecular weight is 268 g/mol. The molecule has 0 saturated carbocycles. The second-order valence-corrected chi connectivity index (χ2v) is 4.63. The summed E-state index contributed by atoms with van der Waals surface area (Å²) in [6, 6.07) is 0. The van der Waals surface area contributed by atoms with E-state index in [-0.39, 0.29) is 16.8 Å². The Morgan fingerprint density at radius 1 is 1.56 bits per heavy atom. The topological polar surface area (TPSA) is 72.9 Å². The Kier molecular flexibility index (Phi) is 6.35. The van der Waals surface area contributed by atoms with E-state index in [1.165, 1.54) is 0 Å². The first-order chi connectivity index (χ1) is 8.65. The number of carbonyl (C=O) groups excluding carboxylic acids is 1. The molecule has 100 valence electrons. The third-order valence-corrected chi connectivity index (χ3v) is 3.05. The summed E-state index contributed by atoms with van der Waals surface area (Å²) in [7, 11) is 0. The quantitative estimate of drug-likeness (QED) is 0.547. The van der Waals surface area contributed by atoms with E-state index < -0.39 is 0 Å². The van der Waals surface area contributed by atoms with Gasteiger partial charge in [0, 0.05) is 25.5 Å². The first-order valence-electron chi connectivity index (χ1n) is 6.18. The van der Waals surface area contributed by atoms with Crippen LogP contribution in [0, 0.1) is 5.92 Å². The Bertz CT molecular complexity index is 377. The molecule has 0 spiro atoms. The van der Waals surface area contributed by atoms with Crippen LogP contribution in [0.1, 0.15) is 26.2 Å². The van der Waals surface area contributed by atoms with Crippen molar-refractivity contribution in [3.05, 3.63) is 18.7 Å². The first-order valence-corrected chi connectivity index (χ1v) is 6.58. The Morgan fingerprint density at radius 3 is 2.89 bits per heavy atom. The summed E-state index contributed by atoms with van der Waals surface area (Å²) in [4.78, 5) is 16.0. The first kappa shape index (κ1) is 14.6. The zero-order valence-corrected chi connectivity index (χ0v) is 11.4. The number of hydrogen-bond donors (Lipinski definition) is 2. The number of nitrogens with zero attached hydrogens (tertiary/aromatic N) is 2. The standard InChI is InChI=1S/C12H20N4OS/c1-2-10(11(13)18)12(17)15-5-3-4-7-16-8-6-14-9-16/h6,8-10H,2-5,7H2,1H3,(H2,13,18)(H,15,17). The van der Waals surface area contributed by atoms with Crippen LogP contribution in [-0.2, 0) is 11.3 Å². The van der Waals surface area contributed by atoms with Crippen LogP contribution in [0.5, 0.6) is 0 Å². The van der Waals surface area contributed by atoms with Crippen molar-refractivity contribution in [3.8, 4) is 0 Å². The van der Waals surface area contributed by atoms with Gasteiger partial charge in [0.05, 0.1) is 17.2 Å². The largest absolute Gasteiger partial charge is 0.393 e. The Balaban J connectivity index is 2.13. The van der Waals surface area contributed by atoms with Crippen molar-refractivity contribution in [1.29, 1.82) is 0 Å². The van der Waals surface area contributed by atoms with Crippen LogP contribution in [0.4, 0.5) is 0 Å². The molecule has 0 radical (unpaired) electrons. The van der Waals surface area contributed by atoms with Gasteiger partial charge in [0.2, 0.25) is 5.91 Å². The molecule has 0 fully saturated rings. The monoisotopic (exact) mass is 268 g/mol. The number of nitrogens with one attached hydrogen (secondary N) is 1. The number of nitrogens with two attached hydrogens (primary N) is 1. The summed E-state index contributed by atoms with van der Waals surface area (Å²) in [5, 5.41) is 2.86. The molecule has 1 aromatic heterocycles. The molecule has 0 aliphatic heterocycles. The van der Waals surface area contributed by atoms with E-state index in [1.54, 1.807) is 12.5 Å². The maximum Gasteiger partial charge on any atom is 0.229 e. The zero-order valence-electron chi connectivity index (χ0n) is 10.6. The van der Waals surface area contributed by atoms with Crippen LogP contribution >= 0.6 is 12.2 Å². The van der Waals surface area contributed by atoms with Crippen molar-refractivity contribution < 1.29 is 4.79 Å². The van der Waals surface area contributed by atoms with Gasteiger partial charge in [-0.15, -0.1) is 0 Å². The number of hydrogen-bond acceptors (Lipinski definition) is 3. The van der Waals surface area contributed by atoms with E-state index in [4.69, 9.17) is 18.0 Å². The number of aryl methyl sites for hydroxylation is 1. The van der Waals surface area contributed by atoms with Gasteiger partial charge in [0.25, 0.3) is 0 Å². The fourth-order valence-corrected chi connectivity index (χ4v) is 1.96. The van der Waals surface area contributed by atoms with Crippen molar-refractivity contribution in [2.24, 2.45) is 11.7 Å². The minimum Gasteiger partial charge on any atom is -0.393 e. The van der Waals surface area contributed by atoms with Gasteiger partial charge in [-0.1, -0.05) is 19.1 Å². The molecule has 6 heteroatoms. The van der Waals surface area contributed by atoms with Gasteiger partial charge >= 0.3 is 0 Å². The summed E-state index contributed by atoms with van der Waals surface area (Å²) < 4.78 is 2.02. The van der Waals surface area contributed by atoms with E-state index in [1.807, 2.05) is 17.7 Å². The molecule has 3 N–H and O–H groups in total. The number of amides is 1. The molecule has 1 atom stereocenters. The van der Waals surface area contributed by atoms with Gasteiger partial charge in [0.1, 0.15) is 0 Å². The van der Waals surface area contributed by atoms with Crippen molar-refractivity contribution in [1.82, 2.24) is 14.9 Å². The lowest BCUT2D eigenvalue weighted by molar-refractivity contribution is -0.123. The van der Waals surface area contributed by atoms with Crippen LogP contribution in [0.3, 0.4) is 0 Å². The second-order valence-electron chi connectivity index (χ2n) is 4.16. The molecule has 1 rings (SSSR count). The fourth-order valence-electron chi connectivity index (χ4n) is 1.69. The van der Waals surface area contributed by atoms with Crippen LogP contribution < -0.4 is 11.1 Å². The summed E-state index contributed by atoms with van der Waals surface area (Å²) in [5.74, 6) is -0.402. The number of thiocarbonyl (C=S) groups is 1. The van der Waals surface area contributed by atoms with Gasteiger partial charge in [-0.3, -0.25) is 4.79 Å². The predicted molar refractivity (Wildman–Crippen MR) is 75.0 cm³/mol. The van der Waals surface area contributed by atoms with Crippen molar-refractivity contribution in [2.45, 2.75) is 32.7 Å². The van der Waals surface area contributed by atoms with Crippen molar-refractivity contribution in [3.63, 3.8) is 0 Å². The Hall–Kier alpha value is -1.43. The fraction of sp³-hybridized carbons (Fsp3) is 0.583. The van der Waals surface area contributed by atoms with E-state index in [0.717, 1.165) is 19.4 Å². The van der Waals surface area contributed by atoms with Crippen LogP contribution in [-0.4, -0.2) is 27.0 Å². The lowest BCUT2D eigenvalue weighted by Crippen LogP contribution is -2.37. The van der Waals surface area contributed by atoms with Gasteiger partial charge in [-0.2, -0.15) is 0 Å². The minimum atomic E-state index is -0.339. The molecule has 1 aromatic rings. The highest BCUT2D eigenvalue weighted by Crippen LogP contribution is 2.03. The highest BCUT2D eigenvalue weighted by molar-refractivity contribution is 7.80. The summed E-state index contributed by atoms with van der Waals surface area (Å²) in [5.41, 5.74) is 5.50. The smallest absolute Gasteiger partial charge is 0.229 e. The van der Waals surface area contributed by atoms with Crippen LogP contribution in [0.25, 0.3) is 0 Å². The molecule has 0 aliphatic carbocycles. The molecule has 0 aliphatic rings. The number of unbranched alkanes of at least 4 members (excludes halogenated alkanes) is 1. The van der Waals surface area contributed by atoms with Gasteiger partial charge in [-0.05, 0) is 19.3 Å². The summed E-state index contributed by atoms with van der Waals surface area (Å²) in [6.07, 6.45) is 8.06. The molecule has 0 aromatic carbocycles. The number of imidazole rings is 1. The molecule has 5 nitrogen and oxygen atoms in total. The van der Waals surface area contributed by atoms with Crippen LogP contribution in [0.2, 0.25) is 0 Å². The minimum absolute atomic E-state index is 0.0624. The average Bonchev–Trinajstić information content (AvgIpc) is 2.82. The normalized spacial score (nSPS) is 12.1. The zero-order chi connectivity index (χ0) is 13.4. The maximum absolute atomic E-state index is 11.7. The van der Waals surface area contributed by atoms with E-state index in [0.29, 0.717) is 13.0 Å². The van der Waals surface area contributed by atoms with E-state index >= 15 is 0 Å². The van der Waals surface area contributed by atoms with Crippen LogP contribution in [0.15, 0.2) is 18.7 Å². The van der Waals surface area contributed by atoms with Gasteiger partial charge < -0.3 is 15.6 Å². The molecule has 0 bridgehead atoms. The number of rotatable bonds is 8. The number of carbonyl (C=O) groups is 1. The third-order valence-electron chi connectivity index (χ3n) is 2.77. The third kappa shape index (κ3) is 4.83. The molecular formula is C12H20N4OS. The lowest BCUT2D eigenvalue weighted by atomic mass is 10.1. The molecule has 18 heavy (non-hydrogen) atoms. The summed E-state index contributed by atoms with van der Waals surface area (Å²) in [6.45, 7) is 3.48. The van der Waals surface area contributed by atoms with E-state index in [9.17, 15) is 4.79 Å². The lowest BCUT2D eigenvalue weighted by Gasteiger charge is -2.13. The number of aromatic nitrogens is 2. The highest BCUT2D eigenvalue weighted by Gasteiger charge is 2.18. The van der Waals surface area contributed by atoms with Crippen molar-refractivity contribution >= 4 is 23.1 Å². The Morgan fingerprint density at radius 2 is 2.33 bits per heavy atom. The predicted octanol–water partition coefficient (Wildman–Crippen LogP) is 1.09. The Labute approximate surface area is 113 Å². The second kappa shape index (κ2) is 7.81. The maximum atomic E-state index is 11.7. The molecular weight excluding hydrogens is 248 g/mol. The summed E-state index contributed by atoms with van der Waals surface area (Å²) >= 11 is 4.85. The van der Waals surface area contributed by atoms with Gasteiger partial charge in [-0.25, -0.2) is 4.98 Å². The van der Waals surface area contributed by atoms with Crippen molar-refractivity contribution in [2.75, 3.05) is 6.54 Å². The molecule has 1 unspecified atom stereocenters. The molecule has 1 amide bonds. The molecule has 0 saturated heterocycles.